The molecule has 0 bridgehead atoms. The van der Waals surface area contributed by atoms with Crippen LogP contribution in [-0.4, -0.2) is 21.4 Å². The molecule has 4 heteroatoms. The molecule has 1 aromatic rings. The molecule has 0 aliphatic rings. The Balaban J connectivity index is 2.70. The van der Waals surface area contributed by atoms with Crippen molar-refractivity contribution in [2.24, 2.45) is 0 Å². The zero-order chi connectivity index (χ0) is 10.8. The fraction of sp³-hybridized carbons (Fsp3) is 0.500. The molecule has 4 nitrogen and oxygen atoms in total. The van der Waals surface area contributed by atoms with E-state index < -0.39 is 5.60 Å². The number of nitrogens with zero attached hydrogens (tertiary/aromatic N) is 2. The molecule has 0 aliphatic heterocycles. The summed E-state index contributed by atoms with van der Waals surface area (Å²) in [6, 6.07) is 0. The van der Waals surface area contributed by atoms with Crippen molar-refractivity contribution in [3.05, 3.63) is 24.5 Å². The lowest BCUT2D eigenvalue weighted by atomic mass is 10.2. The predicted octanol–water partition coefficient (Wildman–Crippen LogP) is 1.87. The van der Waals surface area contributed by atoms with Crippen molar-refractivity contribution in [3.63, 3.8) is 0 Å². The van der Waals surface area contributed by atoms with E-state index in [2.05, 4.69) is 5.10 Å². The number of carbonyl (C=O) groups is 1. The number of carbonyl (C=O) groups excluding carboxylic acids is 1. The Labute approximate surface area is 83.9 Å². The van der Waals surface area contributed by atoms with Gasteiger partial charge in [-0.2, -0.15) is 5.10 Å². The minimum atomic E-state index is -0.463. The van der Waals surface area contributed by atoms with Gasteiger partial charge in [0.2, 0.25) is 0 Å². The van der Waals surface area contributed by atoms with E-state index in [1.807, 2.05) is 27.7 Å². The van der Waals surface area contributed by atoms with E-state index in [-0.39, 0.29) is 5.97 Å². The second kappa shape index (κ2) is 3.82. The number of esters is 1. The summed E-state index contributed by atoms with van der Waals surface area (Å²) in [6.45, 7) is 9.10. The Bertz CT molecular complexity index is 323. The van der Waals surface area contributed by atoms with Crippen LogP contribution in [0.3, 0.4) is 0 Å². The first-order chi connectivity index (χ1) is 6.42. The van der Waals surface area contributed by atoms with Crippen molar-refractivity contribution in [2.75, 3.05) is 0 Å². The highest BCUT2D eigenvalue weighted by atomic mass is 16.6. The number of ether oxygens (including phenoxy) is 1. The summed E-state index contributed by atoms with van der Waals surface area (Å²) in [6.07, 6.45) is 3.13. The van der Waals surface area contributed by atoms with E-state index in [1.165, 1.54) is 6.20 Å². The van der Waals surface area contributed by atoms with E-state index in [9.17, 15) is 4.79 Å². The monoisotopic (exact) mass is 195 g/mol. The maximum Gasteiger partial charge on any atom is 0.341 e. The van der Waals surface area contributed by atoms with Crippen LogP contribution in [0.15, 0.2) is 12.4 Å². The van der Waals surface area contributed by atoms with Gasteiger partial charge in [-0.3, -0.25) is 4.68 Å². The van der Waals surface area contributed by atoms with Crippen LogP contribution in [0.25, 0.3) is 0 Å². The smallest absolute Gasteiger partial charge is 0.341 e. The highest BCUT2D eigenvalue weighted by Crippen LogP contribution is 2.11. The Hall–Kier alpha value is -1.32. The minimum absolute atomic E-state index is 0.342. The standard InChI is InChI=1S/C10H15N2O2/c1-5-12-7-8(6-11-12)9(13)14-10(2,3)4/h5-7H,1-4H3. The lowest BCUT2D eigenvalue weighted by Crippen LogP contribution is -2.23. The first-order valence-electron chi connectivity index (χ1n) is 4.49. The molecule has 0 saturated carbocycles. The molecule has 77 valence electrons. The topological polar surface area (TPSA) is 44.1 Å². The lowest BCUT2D eigenvalue weighted by Gasteiger charge is -2.18. The molecular weight excluding hydrogens is 180 g/mol. The van der Waals surface area contributed by atoms with Crippen LogP contribution in [0.5, 0.6) is 0 Å². The summed E-state index contributed by atoms with van der Waals surface area (Å²) in [4.78, 5) is 11.5. The van der Waals surface area contributed by atoms with Gasteiger partial charge >= 0.3 is 5.97 Å². The SMILES string of the molecule is C[CH]n1cc(C(=O)OC(C)(C)C)cn1. The molecule has 0 spiro atoms. The first kappa shape index (κ1) is 10.8. The molecule has 0 amide bonds. The lowest BCUT2D eigenvalue weighted by molar-refractivity contribution is 0.00695. The van der Waals surface area contributed by atoms with Gasteiger partial charge in [-0.1, -0.05) is 0 Å². The van der Waals surface area contributed by atoms with Gasteiger partial charge in [0.05, 0.1) is 18.3 Å². The average molecular weight is 195 g/mol. The average Bonchev–Trinajstić information content (AvgIpc) is 2.48. The summed E-state index contributed by atoms with van der Waals surface area (Å²) in [5, 5.41) is 3.95. The second-order valence-corrected chi connectivity index (χ2v) is 3.97. The molecule has 0 atom stereocenters. The molecule has 0 unspecified atom stereocenters. The third-order valence-electron chi connectivity index (χ3n) is 1.50. The molecule has 1 heterocycles. The Morgan fingerprint density at radius 3 is 2.64 bits per heavy atom. The van der Waals surface area contributed by atoms with Gasteiger partial charge in [-0.05, 0) is 27.7 Å². The maximum absolute atomic E-state index is 11.5. The molecular formula is C10H15N2O2. The van der Waals surface area contributed by atoms with Gasteiger partial charge in [0.25, 0.3) is 0 Å². The Kier molecular flexibility index (Phi) is 2.93. The maximum atomic E-state index is 11.5. The van der Waals surface area contributed by atoms with Crippen molar-refractivity contribution in [1.82, 2.24) is 9.78 Å². The second-order valence-electron chi connectivity index (χ2n) is 3.97. The van der Waals surface area contributed by atoms with Crippen LogP contribution in [0.2, 0.25) is 0 Å². The predicted molar refractivity (Wildman–Crippen MR) is 52.8 cm³/mol. The van der Waals surface area contributed by atoms with Crippen LogP contribution in [0.4, 0.5) is 0 Å². The van der Waals surface area contributed by atoms with Crippen molar-refractivity contribution >= 4 is 5.97 Å². The largest absolute Gasteiger partial charge is 0.456 e. The minimum Gasteiger partial charge on any atom is -0.456 e. The number of aromatic nitrogens is 2. The molecule has 0 aliphatic carbocycles. The van der Waals surface area contributed by atoms with E-state index in [1.54, 1.807) is 17.4 Å². The normalized spacial score (nSPS) is 11.4. The third-order valence-corrected chi connectivity index (χ3v) is 1.50. The number of hydrogen-bond acceptors (Lipinski definition) is 3. The summed E-state index contributed by atoms with van der Waals surface area (Å²) < 4.78 is 6.74. The third kappa shape index (κ3) is 2.87. The highest BCUT2D eigenvalue weighted by Gasteiger charge is 2.18. The molecule has 1 rings (SSSR count). The summed E-state index contributed by atoms with van der Waals surface area (Å²) in [5.74, 6) is -0.342. The van der Waals surface area contributed by atoms with Crippen LogP contribution < -0.4 is 0 Å². The zero-order valence-corrected chi connectivity index (χ0v) is 8.94. The Morgan fingerprint density at radius 2 is 2.21 bits per heavy atom. The van der Waals surface area contributed by atoms with Crippen LogP contribution in [0, 0.1) is 6.54 Å². The molecule has 0 N–H and O–H groups in total. The van der Waals surface area contributed by atoms with E-state index in [0.29, 0.717) is 5.56 Å². The fourth-order valence-corrected chi connectivity index (χ4v) is 0.922. The summed E-state index contributed by atoms with van der Waals surface area (Å²) in [7, 11) is 0. The number of hydrogen-bond donors (Lipinski definition) is 0. The Morgan fingerprint density at radius 1 is 1.57 bits per heavy atom. The van der Waals surface area contributed by atoms with Gasteiger partial charge in [0.15, 0.2) is 0 Å². The van der Waals surface area contributed by atoms with E-state index in [0.717, 1.165) is 0 Å². The molecule has 0 saturated heterocycles. The van der Waals surface area contributed by atoms with E-state index >= 15 is 0 Å². The number of rotatable bonds is 2. The summed E-state index contributed by atoms with van der Waals surface area (Å²) in [5.41, 5.74) is 0.00721. The molecule has 1 radical (unpaired) electrons. The molecule has 14 heavy (non-hydrogen) atoms. The molecule has 0 aromatic carbocycles. The van der Waals surface area contributed by atoms with Crippen LogP contribution >= 0.6 is 0 Å². The van der Waals surface area contributed by atoms with Gasteiger partial charge in [0, 0.05) is 6.20 Å². The van der Waals surface area contributed by atoms with E-state index in [4.69, 9.17) is 4.74 Å². The quantitative estimate of drug-likeness (QED) is 0.676. The fourth-order valence-electron chi connectivity index (χ4n) is 0.922. The van der Waals surface area contributed by atoms with Crippen LogP contribution in [0.1, 0.15) is 38.1 Å². The van der Waals surface area contributed by atoms with Crippen molar-refractivity contribution in [1.29, 1.82) is 0 Å². The molecule has 0 fully saturated rings. The first-order valence-corrected chi connectivity index (χ1v) is 4.49. The van der Waals surface area contributed by atoms with Crippen molar-refractivity contribution in [3.8, 4) is 0 Å². The van der Waals surface area contributed by atoms with Gasteiger partial charge in [-0.15, -0.1) is 0 Å². The zero-order valence-electron chi connectivity index (χ0n) is 8.94. The van der Waals surface area contributed by atoms with Crippen LogP contribution in [-0.2, 0) is 4.74 Å². The van der Waals surface area contributed by atoms with Gasteiger partial charge in [0.1, 0.15) is 5.60 Å². The summed E-state index contributed by atoms with van der Waals surface area (Å²) >= 11 is 0. The van der Waals surface area contributed by atoms with Gasteiger partial charge < -0.3 is 4.74 Å². The van der Waals surface area contributed by atoms with Gasteiger partial charge in [-0.25, -0.2) is 4.79 Å². The highest BCUT2D eigenvalue weighted by molar-refractivity contribution is 5.89. The molecule has 1 aromatic heterocycles. The van der Waals surface area contributed by atoms with Crippen molar-refractivity contribution < 1.29 is 9.53 Å². The van der Waals surface area contributed by atoms with Crippen molar-refractivity contribution in [2.45, 2.75) is 33.3 Å².